The summed E-state index contributed by atoms with van der Waals surface area (Å²) >= 11 is 6.63. The van der Waals surface area contributed by atoms with Crippen LogP contribution in [0.4, 0.5) is 24.5 Å². The van der Waals surface area contributed by atoms with Crippen LogP contribution >= 0.6 is 24.0 Å². The number of hydrogen-bond donors (Lipinski definition) is 3. The van der Waals surface area contributed by atoms with Crippen molar-refractivity contribution in [2.45, 2.75) is 0 Å². The molecular formula is C22H19Cl2F3N4O3. The van der Waals surface area contributed by atoms with Crippen molar-refractivity contribution >= 4 is 52.3 Å². The van der Waals surface area contributed by atoms with Crippen molar-refractivity contribution in [2.75, 3.05) is 36.8 Å². The van der Waals surface area contributed by atoms with Gasteiger partial charge in [-0.2, -0.15) is 0 Å². The highest BCUT2D eigenvalue weighted by Crippen LogP contribution is 2.40. The molecule has 0 spiro atoms. The van der Waals surface area contributed by atoms with Crippen LogP contribution in [0.1, 0.15) is 10.4 Å². The summed E-state index contributed by atoms with van der Waals surface area (Å²) in [5, 5.41) is 12.3. The standard InChI is InChI=1S/C22H18ClF3N4O3.ClH/c23-18-19-11(1-15(26)20(18)29-6-9-4-28-5-10(9)7-29)21(31)12(22(32)33)8-30(19)17-3-16(27)13(24)2-14(17)25;/h1-3,8-10,28H,4-7,27H2,(H,32,33);1H. The lowest BCUT2D eigenvalue weighted by atomic mass is 10.0. The van der Waals surface area contributed by atoms with Crippen LogP contribution in [-0.4, -0.2) is 41.8 Å². The summed E-state index contributed by atoms with van der Waals surface area (Å²) in [5.41, 5.74) is 3.13. The zero-order valence-electron chi connectivity index (χ0n) is 17.4. The van der Waals surface area contributed by atoms with Crippen molar-refractivity contribution in [3.8, 4) is 5.69 Å². The van der Waals surface area contributed by atoms with E-state index in [-0.39, 0.29) is 39.7 Å². The average Bonchev–Trinajstić information content (AvgIpc) is 3.34. The van der Waals surface area contributed by atoms with Gasteiger partial charge in [0.25, 0.3) is 0 Å². The van der Waals surface area contributed by atoms with Gasteiger partial charge in [0.1, 0.15) is 23.0 Å². The van der Waals surface area contributed by atoms with Crippen LogP contribution in [0.2, 0.25) is 5.02 Å². The van der Waals surface area contributed by atoms with Crippen molar-refractivity contribution in [3.05, 3.63) is 62.7 Å². The molecule has 2 aliphatic rings. The van der Waals surface area contributed by atoms with Crippen LogP contribution < -0.4 is 21.4 Å². The number of pyridine rings is 1. The Morgan fingerprint density at radius 2 is 1.74 bits per heavy atom. The van der Waals surface area contributed by atoms with Crippen molar-refractivity contribution in [1.82, 2.24) is 9.88 Å². The molecule has 3 aromatic rings. The summed E-state index contributed by atoms with van der Waals surface area (Å²) in [6.45, 7) is 2.66. The molecule has 7 nitrogen and oxygen atoms in total. The minimum Gasteiger partial charge on any atom is -0.477 e. The fourth-order valence-corrected chi connectivity index (χ4v) is 5.22. The number of aromatic nitrogens is 1. The first-order valence-electron chi connectivity index (χ1n) is 10.2. The van der Waals surface area contributed by atoms with Crippen molar-refractivity contribution in [2.24, 2.45) is 11.8 Å². The quantitative estimate of drug-likeness (QED) is 0.463. The maximum atomic E-state index is 15.3. The Kier molecular flexibility index (Phi) is 6.17. The number of fused-ring (bicyclic) bond motifs is 2. The number of nitrogens with two attached hydrogens (primary N) is 1. The van der Waals surface area contributed by atoms with Crippen LogP contribution in [0.5, 0.6) is 0 Å². The second kappa shape index (κ2) is 8.68. The maximum Gasteiger partial charge on any atom is 0.341 e. The first kappa shape index (κ1) is 24.2. The number of benzene rings is 2. The molecule has 2 saturated heterocycles. The van der Waals surface area contributed by atoms with E-state index < -0.39 is 40.1 Å². The predicted octanol–water partition coefficient (Wildman–Crippen LogP) is 3.42. The third-order valence-corrected chi connectivity index (χ3v) is 6.78. The number of hydrogen-bond acceptors (Lipinski definition) is 5. The van der Waals surface area contributed by atoms with E-state index in [4.69, 9.17) is 17.3 Å². The lowest BCUT2D eigenvalue weighted by Gasteiger charge is -2.24. The number of anilines is 2. The zero-order chi connectivity index (χ0) is 23.6. The third-order valence-electron chi connectivity index (χ3n) is 6.42. The lowest BCUT2D eigenvalue weighted by Crippen LogP contribution is -2.27. The molecule has 2 atom stereocenters. The van der Waals surface area contributed by atoms with E-state index in [0.29, 0.717) is 31.0 Å². The molecule has 0 radical (unpaired) electrons. The normalized spacial score (nSPS) is 19.4. The Bertz CT molecular complexity index is 1390. The van der Waals surface area contributed by atoms with Crippen LogP contribution in [0.25, 0.3) is 16.6 Å². The summed E-state index contributed by atoms with van der Waals surface area (Å²) in [4.78, 5) is 26.3. The Hall–Kier alpha value is -2.95. The highest BCUT2D eigenvalue weighted by atomic mass is 35.5. The van der Waals surface area contributed by atoms with Gasteiger partial charge in [0, 0.05) is 38.4 Å². The van der Waals surface area contributed by atoms with Crippen LogP contribution in [0, 0.1) is 29.3 Å². The van der Waals surface area contributed by atoms with Gasteiger partial charge in [-0.1, -0.05) is 11.6 Å². The summed E-state index contributed by atoms with van der Waals surface area (Å²) in [6, 6.07) is 2.42. The second-order valence-electron chi connectivity index (χ2n) is 8.37. The zero-order valence-corrected chi connectivity index (χ0v) is 19.0. The molecule has 1 aromatic heterocycles. The van der Waals surface area contributed by atoms with Gasteiger partial charge >= 0.3 is 5.97 Å². The van der Waals surface area contributed by atoms with E-state index in [1.807, 2.05) is 0 Å². The van der Waals surface area contributed by atoms with Gasteiger partial charge in [0.2, 0.25) is 5.43 Å². The SMILES string of the molecule is Cl.Nc1cc(-n2cc(C(=O)O)c(=O)c3cc(F)c(N4CC5CNCC5C4)c(Cl)c32)c(F)cc1F. The molecule has 4 N–H and O–H groups in total. The van der Waals surface area contributed by atoms with E-state index in [1.54, 1.807) is 4.90 Å². The molecule has 0 bridgehead atoms. The fourth-order valence-electron chi connectivity index (χ4n) is 4.81. The van der Waals surface area contributed by atoms with Gasteiger partial charge in [0.05, 0.1) is 33.0 Å². The summed E-state index contributed by atoms with van der Waals surface area (Å²) in [6.07, 6.45) is 0.888. The first-order valence-corrected chi connectivity index (χ1v) is 10.6. The topological polar surface area (TPSA) is 101 Å². The van der Waals surface area contributed by atoms with Crippen LogP contribution in [0.15, 0.2) is 29.2 Å². The Morgan fingerprint density at radius 3 is 2.35 bits per heavy atom. The predicted molar refractivity (Wildman–Crippen MR) is 125 cm³/mol. The number of rotatable bonds is 3. The van der Waals surface area contributed by atoms with Gasteiger partial charge in [-0.25, -0.2) is 18.0 Å². The number of aromatic carboxylic acids is 1. The third kappa shape index (κ3) is 3.66. The fraction of sp³-hybridized carbons (Fsp3) is 0.273. The molecule has 2 aliphatic heterocycles. The highest BCUT2D eigenvalue weighted by molar-refractivity contribution is 6.38. The van der Waals surface area contributed by atoms with Gasteiger partial charge in [-0.05, 0) is 24.0 Å². The maximum absolute atomic E-state index is 15.3. The first-order chi connectivity index (χ1) is 15.7. The number of halogens is 5. The summed E-state index contributed by atoms with van der Waals surface area (Å²) in [5.74, 6) is -3.83. The van der Waals surface area contributed by atoms with E-state index in [2.05, 4.69) is 5.32 Å². The van der Waals surface area contributed by atoms with Gasteiger partial charge in [-0.15, -0.1) is 12.4 Å². The largest absolute Gasteiger partial charge is 0.477 e. The van der Waals surface area contributed by atoms with Gasteiger partial charge in [-0.3, -0.25) is 4.79 Å². The lowest BCUT2D eigenvalue weighted by molar-refractivity contribution is 0.0695. The molecule has 5 rings (SSSR count). The molecule has 0 aliphatic carbocycles. The van der Waals surface area contributed by atoms with Crippen molar-refractivity contribution < 1.29 is 23.1 Å². The average molecular weight is 515 g/mol. The number of carboxylic acid groups (broad SMARTS) is 1. The Balaban J connectivity index is 0.00000274. The van der Waals surface area contributed by atoms with E-state index in [9.17, 15) is 23.5 Å². The number of nitrogens with zero attached hydrogens (tertiary/aromatic N) is 2. The van der Waals surface area contributed by atoms with E-state index >= 15 is 4.39 Å². The van der Waals surface area contributed by atoms with E-state index in [1.165, 1.54) is 0 Å². The Labute approximate surface area is 202 Å². The molecule has 12 heteroatoms. The monoisotopic (exact) mass is 514 g/mol. The van der Waals surface area contributed by atoms with Gasteiger partial charge < -0.3 is 25.6 Å². The molecule has 34 heavy (non-hydrogen) atoms. The van der Waals surface area contributed by atoms with Gasteiger partial charge in [0.15, 0.2) is 0 Å². The molecule has 180 valence electrons. The smallest absolute Gasteiger partial charge is 0.341 e. The molecular weight excluding hydrogens is 496 g/mol. The molecule has 3 heterocycles. The van der Waals surface area contributed by atoms with E-state index in [0.717, 1.165) is 36.0 Å². The highest BCUT2D eigenvalue weighted by Gasteiger charge is 2.38. The number of carbonyl (C=O) groups is 1. The number of nitrogen functional groups attached to an aromatic ring is 1. The number of nitrogens with one attached hydrogen (secondary N) is 1. The minimum atomic E-state index is -1.59. The molecule has 2 aromatic carbocycles. The van der Waals surface area contributed by atoms with Crippen molar-refractivity contribution in [3.63, 3.8) is 0 Å². The molecule has 0 saturated carbocycles. The molecule has 2 unspecified atom stereocenters. The summed E-state index contributed by atoms with van der Waals surface area (Å²) in [7, 11) is 0. The second-order valence-corrected chi connectivity index (χ2v) is 8.75. The number of carboxylic acids is 1. The minimum absolute atomic E-state index is 0. The van der Waals surface area contributed by atoms with Crippen LogP contribution in [0.3, 0.4) is 0 Å². The Morgan fingerprint density at radius 1 is 1.09 bits per heavy atom. The molecule has 0 amide bonds. The van der Waals surface area contributed by atoms with Crippen LogP contribution in [-0.2, 0) is 0 Å². The van der Waals surface area contributed by atoms with Crippen molar-refractivity contribution in [1.29, 1.82) is 0 Å². The summed E-state index contributed by atoms with van der Waals surface area (Å²) < 4.78 is 44.8. The molecule has 2 fully saturated rings.